The van der Waals surface area contributed by atoms with Crippen molar-refractivity contribution in [3.8, 4) is 11.4 Å². The van der Waals surface area contributed by atoms with Crippen molar-refractivity contribution in [1.29, 1.82) is 0 Å². The Kier molecular flexibility index (Phi) is 4.72. The molecule has 2 aromatic heterocycles. The quantitative estimate of drug-likeness (QED) is 0.408. The predicted molar refractivity (Wildman–Crippen MR) is 118 cm³/mol. The van der Waals surface area contributed by atoms with Crippen molar-refractivity contribution >= 4 is 27.8 Å². The van der Waals surface area contributed by atoms with Crippen LogP contribution in [0.2, 0.25) is 0 Å². The van der Waals surface area contributed by atoms with Crippen LogP contribution in [-0.2, 0) is 4.79 Å². The van der Waals surface area contributed by atoms with E-state index in [4.69, 9.17) is 4.74 Å². The number of ether oxygens (including phenoxy) is 1. The van der Waals surface area contributed by atoms with Crippen molar-refractivity contribution in [2.24, 2.45) is 0 Å². The highest BCUT2D eigenvalue weighted by atomic mass is 19.1. The van der Waals surface area contributed by atoms with Crippen LogP contribution in [-0.4, -0.2) is 43.7 Å². The zero-order valence-corrected chi connectivity index (χ0v) is 18.3. The average Bonchev–Trinajstić information content (AvgIpc) is 3.35. The fourth-order valence-corrected chi connectivity index (χ4v) is 5.03. The standard InChI is InChI=1S/C24H23F2N3O4/c1-11(2)22-18(13-8-24(32,9-13)23(30)31)19-16(6-12-10-27-28-21(12)20(19)26)29(22)14-4-5-15(25)17(7-14)33-3/h4-7,10-11,13,32H,8-9H2,1-3H3,(H,27,28)(H,30,31). The number of fused-ring (bicyclic) bond motifs is 2. The van der Waals surface area contributed by atoms with Crippen LogP contribution >= 0.6 is 0 Å². The molecule has 0 bridgehead atoms. The van der Waals surface area contributed by atoms with Crippen molar-refractivity contribution in [2.75, 3.05) is 7.11 Å². The van der Waals surface area contributed by atoms with Crippen molar-refractivity contribution in [3.63, 3.8) is 0 Å². The van der Waals surface area contributed by atoms with Gasteiger partial charge >= 0.3 is 5.97 Å². The molecule has 0 saturated heterocycles. The molecule has 7 nitrogen and oxygen atoms in total. The van der Waals surface area contributed by atoms with Gasteiger partial charge in [0.05, 0.1) is 18.8 Å². The summed E-state index contributed by atoms with van der Waals surface area (Å²) in [5.41, 5.74) is 0.989. The number of aromatic nitrogens is 3. The number of hydrogen-bond acceptors (Lipinski definition) is 4. The molecule has 0 amide bonds. The molecule has 172 valence electrons. The minimum Gasteiger partial charge on any atom is -0.494 e. The van der Waals surface area contributed by atoms with E-state index in [-0.39, 0.29) is 35.9 Å². The first-order valence-corrected chi connectivity index (χ1v) is 10.7. The number of carbonyl (C=O) groups is 1. The smallest absolute Gasteiger partial charge is 0.335 e. The van der Waals surface area contributed by atoms with Gasteiger partial charge in [0.2, 0.25) is 0 Å². The van der Waals surface area contributed by atoms with Gasteiger partial charge in [0, 0.05) is 28.2 Å². The molecule has 0 unspecified atom stereocenters. The van der Waals surface area contributed by atoms with Gasteiger partial charge in [-0.25, -0.2) is 13.6 Å². The summed E-state index contributed by atoms with van der Waals surface area (Å²) in [6.45, 7) is 3.92. The molecule has 0 radical (unpaired) electrons. The molecular weight excluding hydrogens is 432 g/mol. The van der Waals surface area contributed by atoms with Crippen LogP contribution in [0, 0.1) is 11.6 Å². The number of H-pyrrole nitrogens is 1. The summed E-state index contributed by atoms with van der Waals surface area (Å²) in [7, 11) is 1.38. The van der Waals surface area contributed by atoms with Crippen LogP contribution in [0.25, 0.3) is 27.5 Å². The maximum atomic E-state index is 15.9. The Hall–Kier alpha value is -3.46. The van der Waals surface area contributed by atoms with Crippen LogP contribution in [0.15, 0.2) is 30.5 Å². The summed E-state index contributed by atoms with van der Waals surface area (Å²) in [5.74, 6) is -2.68. The number of benzene rings is 2. The zero-order valence-electron chi connectivity index (χ0n) is 18.3. The maximum Gasteiger partial charge on any atom is 0.335 e. The molecule has 1 fully saturated rings. The molecule has 0 atom stereocenters. The average molecular weight is 455 g/mol. The Balaban J connectivity index is 1.86. The molecule has 2 heterocycles. The van der Waals surface area contributed by atoms with E-state index in [9.17, 15) is 19.4 Å². The highest BCUT2D eigenvalue weighted by Crippen LogP contribution is 2.51. The van der Waals surface area contributed by atoms with Crippen LogP contribution < -0.4 is 4.74 Å². The van der Waals surface area contributed by atoms with Gasteiger partial charge in [-0.15, -0.1) is 0 Å². The van der Waals surface area contributed by atoms with Crippen molar-refractivity contribution in [1.82, 2.24) is 14.8 Å². The molecular formula is C24H23F2N3O4. The third kappa shape index (κ3) is 3.02. The fourth-order valence-electron chi connectivity index (χ4n) is 5.03. The molecule has 3 N–H and O–H groups in total. The summed E-state index contributed by atoms with van der Waals surface area (Å²) < 4.78 is 37.1. The van der Waals surface area contributed by atoms with Crippen LogP contribution in [0.3, 0.4) is 0 Å². The number of methoxy groups -OCH3 is 1. The van der Waals surface area contributed by atoms with E-state index in [1.54, 1.807) is 12.1 Å². The third-order valence-electron chi connectivity index (χ3n) is 6.60. The molecule has 5 rings (SSSR count). The summed E-state index contributed by atoms with van der Waals surface area (Å²) in [5, 5.41) is 27.3. The highest BCUT2D eigenvalue weighted by Gasteiger charge is 2.51. The Morgan fingerprint density at radius 2 is 2.03 bits per heavy atom. The lowest BCUT2D eigenvalue weighted by atomic mass is 9.66. The number of aliphatic carboxylic acids is 1. The number of rotatable bonds is 5. The van der Waals surface area contributed by atoms with Crippen LogP contribution in [0.1, 0.15) is 49.8 Å². The Bertz CT molecular complexity index is 1420. The minimum absolute atomic E-state index is 0.0195. The van der Waals surface area contributed by atoms with Gasteiger partial charge in [-0.1, -0.05) is 13.8 Å². The van der Waals surface area contributed by atoms with E-state index in [2.05, 4.69) is 10.2 Å². The van der Waals surface area contributed by atoms with E-state index in [1.165, 1.54) is 19.4 Å². The first-order valence-electron chi connectivity index (χ1n) is 10.7. The van der Waals surface area contributed by atoms with E-state index >= 15 is 4.39 Å². The first-order chi connectivity index (χ1) is 15.7. The van der Waals surface area contributed by atoms with E-state index < -0.39 is 23.2 Å². The SMILES string of the molecule is COc1cc(-n2c(C(C)C)c(C3CC(O)(C(=O)O)C3)c3c(F)c4[nH]ncc4cc32)ccc1F. The number of aliphatic hydroxyl groups is 1. The van der Waals surface area contributed by atoms with E-state index in [0.717, 1.165) is 5.69 Å². The molecule has 1 aliphatic carbocycles. The molecule has 2 aromatic carbocycles. The minimum atomic E-state index is -1.83. The Morgan fingerprint density at radius 1 is 1.30 bits per heavy atom. The molecule has 4 aromatic rings. The van der Waals surface area contributed by atoms with E-state index in [0.29, 0.717) is 27.5 Å². The molecule has 1 aliphatic rings. The summed E-state index contributed by atoms with van der Waals surface area (Å²) in [4.78, 5) is 11.5. The second-order valence-electron chi connectivity index (χ2n) is 8.97. The van der Waals surface area contributed by atoms with E-state index in [1.807, 2.05) is 24.5 Å². The number of hydrogen-bond donors (Lipinski definition) is 3. The number of aromatic amines is 1. The molecule has 0 aliphatic heterocycles. The topological polar surface area (TPSA) is 100 Å². The molecule has 1 saturated carbocycles. The van der Waals surface area contributed by atoms with Crippen molar-refractivity contribution < 1.29 is 28.5 Å². The number of nitrogens with one attached hydrogen (secondary N) is 1. The molecule has 33 heavy (non-hydrogen) atoms. The predicted octanol–water partition coefficient (Wildman–Crippen LogP) is 4.61. The highest BCUT2D eigenvalue weighted by molar-refractivity contribution is 6.00. The normalized spacial score (nSPS) is 20.5. The number of nitrogens with zero attached hydrogens (tertiary/aromatic N) is 2. The maximum absolute atomic E-state index is 15.9. The lowest BCUT2D eigenvalue weighted by Crippen LogP contribution is -2.49. The summed E-state index contributed by atoms with van der Waals surface area (Å²) in [6.07, 6.45) is 1.49. The monoisotopic (exact) mass is 455 g/mol. The van der Waals surface area contributed by atoms with Gasteiger partial charge < -0.3 is 19.5 Å². The zero-order chi connectivity index (χ0) is 23.7. The molecule has 0 spiro atoms. The van der Waals surface area contributed by atoms with Crippen LogP contribution in [0.4, 0.5) is 8.78 Å². The van der Waals surface area contributed by atoms with Gasteiger partial charge in [0.25, 0.3) is 0 Å². The van der Waals surface area contributed by atoms with Gasteiger partial charge in [0.15, 0.2) is 23.0 Å². The van der Waals surface area contributed by atoms with Crippen molar-refractivity contribution in [3.05, 3.63) is 53.4 Å². The largest absolute Gasteiger partial charge is 0.494 e. The Labute approximate surface area is 187 Å². The number of carboxylic acids is 1. The third-order valence-corrected chi connectivity index (χ3v) is 6.60. The number of carboxylic acid groups (broad SMARTS) is 1. The second kappa shape index (κ2) is 7.28. The van der Waals surface area contributed by atoms with Crippen molar-refractivity contribution in [2.45, 2.75) is 44.1 Å². The lowest BCUT2D eigenvalue weighted by Gasteiger charge is -2.41. The number of halogens is 2. The summed E-state index contributed by atoms with van der Waals surface area (Å²) in [6, 6.07) is 6.25. The van der Waals surface area contributed by atoms with Gasteiger partial charge in [-0.3, -0.25) is 5.10 Å². The first kappa shape index (κ1) is 21.4. The molecule has 9 heteroatoms. The second-order valence-corrected chi connectivity index (χ2v) is 8.97. The lowest BCUT2D eigenvalue weighted by molar-refractivity contribution is -0.169. The fraction of sp³-hybridized carbons (Fsp3) is 0.333. The van der Waals surface area contributed by atoms with Gasteiger partial charge in [-0.05, 0) is 48.4 Å². The summed E-state index contributed by atoms with van der Waals surface area (Å²) >= 11 is 0. The van der Waals surface area contributed by atoms with Gasteiger partial charge in [0.1, 0.15) is 5.52 Å². The van der Waals surface area contributed by atoms with Crippen LogP contribution in [0.5, 0.6) is 5.75 Å². The Morgan fingerprint density at radius 3 is 2.67 bits per heavy atom. The van der Waals surface area contributed by atoms with Gasteiger partial charge in [-0.2, -0.15) is 5.10 Å².